The summed E-state index contributed by atoms with van der Waals surface area (Å²) < 4.78 is 0. The number of benzene rings is 5. The Morgan fingerprint density at radius 3 is 1.64 bits per heavy atom. The molecule has 0 saturated heterocycles. The summed E-state index contributed by atoms with van der Waals surface area (Å²) in [4.78, 5) is 0. The van der Waals surface area contributed by atoms with E-state index in [-0.39, 0.29) is 0 Å². The molecule has 0 amide bonds. The SMILES string of the molecule is C/C(=C(/c1ccccc1)c1c(C)ccc(C)c1C)c1ccccc1.C=C(C)/C=C\C=C/C.Cc1cccc(-c2ccccc2)c1. The van der Waals surface area contributed by atoms with Gasteiger partial charge in [0.15, 0.2) is 0 Å². The van der Waals surface area contributed by atoms with Gasteiger partial charge in [0.2, 0.25) is 0 Å². The lowest BCUT2D eigenvalue weighted by Gasteiger charge is -2.20. The second-order valence-electron chi connectivity index (χ2n) is 11.4. The van der Waals surface area contributed by atoms with Gasteiger partial charge >= 0.3 is 0 Å². The highest BCUT2D eigenvalue weighted by molar-refractivity contribution is 5.99. The number of rotatable bonds is 6. The van der Waals surface area contributed by atoms with Gasteiger partial charge in [0.25, 0.3) is 0 Å². The molecule has 0 aromatic heterocycles. The Balaban J connectivity index is 0.000000219. The molecule has 45 heavy (non-hydrogen) atoms. The quantitative estimate of drug-likeness (QED) is 0.137. The molecule has 5 rings (SSSR count). The van der Waals surface area contributed by atoms with Gasteiger partial charge in [-0.3, -0.25) is 0 Å². The smallest absolute Gasteiger partial charge is 0.00707 e. The molecule has 0 atom stereocenters. The van der Waals surface area contributed by atoms with Crippen LogP contribution in [0.4, 0.5) is 0 Å². The van der Waals surface area contributed by atoms with Crippen molar-refractivity contribution in [3.05, 3.63) is 203 Å². The van der Waals surface area contributed by atoms with Crippen molar-refractivity contribution < 1.29 is 0 Å². The summed E-state index contributed by atoms with van der Waals surface area (Å²) >= 11 is 0. The average Bonchev–Trinajstić information content (AvgIpc) is 3.06. The van der Waals surface area contributed by atoms with Gasteiger partial charge in [-0.15, -0.1) is 0 Å². The van der Waals surface area contributed by atoms with Crippen LogP contribution in [-0.2, 0) is 0 Å². The van der Waals surface area contributed by atoms with Crippen LogP contribution in [0.1, 0.15) is 59.7 Å². The Morgan fingerprint density at radius 2 is 1.09 bits per heavy atom. The Bertz CT molecular complexity index is 1730. The van der Waals surface area contributed by atoms with Crippen LogP contribution in [-0.4, -0.2) is 0 Å². The molecule has 0 aliphatic heterocycles. The fraction of sp³-hybridized carbons (Fsp3) is 0.156. The van der Waals surface area contributed by atoms with E-state index in [1.54, 1.807) is 0 Å². The first kappa shape index (κ1) is 34.5. The lowest BCUT2D eigenvalue weighted by atomic mass is 9.84. The molecule has 0 aliphatic carbocycles. The van der Waals surface area contributed by atoms with Gasteiger partial charge in [-0.2, -0.15) is 0 Å². The first-order valence-corrected chi connectivity index (χ1v) is 15.7. The molecule has 0 spiro atoms. The maximum Gasteiger partial charge on any atom is -0.00707 e. The average molecular weight is 589 g/mol. The number of aryl methyl sites for hydroxylation is 3. The third-order valence-electron chi connectivity index (χ3n) is 7.65. The van der Waals surface area contributed by atoms with Crippen molar-refractivity contribution in [3.8, 4) is 11.1 Å². The van der Waals surface area contributed by atoms with E-state index < -0.39 is 0 Å². The summed E-state index contributed by atoms with van der Waals surface area (Å²) in [5.74, 6) is 0. The number of hydrogen-bond donors (Lipinski definition) is 0. The first-order valence-electron chi connectivity index (χ1n) is 15.7. The van der Waals surface area contributed by atoms with Gasteiger partial charge in [-0.05, 0) is 104 Å². The molecule has 0 unspecified atom stereocenters. The zero-order valence-corrected chi connectivity index (χ0v) is 28.1. The molecule has 0 saturated carbocycles. The topological polar surface area (TPSA) is 0 Å². The minimum absolute atomic E-state index is 1.09. The first-order chi connectivity index (χ1) is 21.7. The van der Waals surface area contributed by atoms with Crippen LogP contribution in [0.2, 0.25) is 0 Å². The van der Waals surface area contributed by atoms with Crippen molar-refractivity contribution in [3.63, 3.8) is 0 Å². The zero-order valence-electron chi connectivity index (χ0n) is 28.1. The van der Waals surface area contributed by atoms with Gasteiger partial charge in [-0.1, -0.05) is 169 Å². The highest BCUT2D eigenvalue weighted by Gasteiger charge is 2.16. The van der Waals surface area contributed by atoms with E-state index in [1.165, 1.54) is 61.2 Å². The van der Waals surface area contributed by atoms with Crippen LogP contribution < -0.4 is 0 Å². The number of allylic oxidation sites excluding steroid dienone is 6. The molecule has 0 bridgehead atoms. The normalized spacial score (nSPS) is 11.3. The summed E-state index contributed by atoms with van der Waals surface area (Å²) in [7, 11) is 0. The summed E-state index contributed by atoms with van der Waals surface area (Å²) in [5, 5.41) is 0. The Kier molecular flexibility index (Phi) is 13.8. The van der Waals surface area contributed by atoms with Crippen molar-refractivity contribution >= 4 is 11.1 Å². The van der Waals surface area contributed by atoms with Crippen LogP contribution in [0.25, 0.3) is 22.3 Å². The van der Waals surface area contributed by atoms with Crippen LogP contribution in [0, 0.1) is 27.7 Å². The molecule has 228 valence electrons. The van der Waals surface area contributed by atoms with Crippen LogP contribution >= 0.6 is 0 Å². The van der Waals surface area contributed by atoms with Gasteiger partial charge in [-0.25, -0.2) is 0 Å². The van der Waals surface area contributed by atoms with E-state index in [0.717, 1.165) is 5.57 Å². The zero-order chi connectivity index (χ0) is 32.6. The minimum Gasteiger partial charge on any atom is -0.0961 e. The van der Waals surface area contributed by atoms with E-state index in [9.17, 15) is 0 Å². The lowest BCUT2D eigenvalue weighted by molar-refractivity contribution is 1.26. The molecular formula is C45H48. The lowest BCUT2D eigenvalue weighted by Crippen LogP contribution is -2.00. The fourth-order valence-corrected chi connectivity index (χ4v) is 5.11. The molecule has 0 N–H and O–H groups in total. The highest BCUT2D eigenvalue weighted by atomic mass is 14.2. The van der Waals surface area contributed by atoms with Crippen molar-refractivity contribution in [1.29, 1.82) is 0 Å². The van der Waals surface area contributed by atoms with E-state index in [0.29, 0.717) is 0 Å². The maximum atomic E-state index is 3.71. The minimum atomic E-state index is 1.09. The van der Waals surface area contributed by atoms with Gasteiger partial charge < -0.3 is 0 Å². The van der Waals surface area contributed by atoms with Crippen molar-refractivity contribution in [1.82, 2.24) is 0 Å². The van der Waals surface area contributed by atoms with Crippen LogP contribution in [0.3, 0.4) is 0 Å². The molecular weight excluding hydrogens is 540 g/mol. The summed E-state index contributed by atoms with van der Waals surface area (Å²) in [6.07, 6.45) is 7.91. The van der Waals surface area contributed by atoms with E-state index in [2.05, 4.69) is 163 Å². The molecule has 0 heteroatoms. The third-order valence-corrected chi connectivity index (χ3v) is 7.65. The van der Waals surface area contributed by atoms with Crippen molar-refractivity contribution in [2.24, 2.45) is 0 Å². The Morgan fingerprint density at radius 1 is 0.556 bits per heavy atom. The van der Waals surface area contributed by atoms with Gasteiger partial charge in [0, 0.05) is 0 Å². The van der Waals surface area contributed by atoms with Crippen LogP contribution in [0.15, 0.2) is 164 Å². The van der Waals surface area contributed by atoms with Crippen LogP contribution in [0.5, 0.6) is 0 Å². The third kappa shape index (κ3) is 10.6. The van der Waals surface area contributed by atoms with E-state index >= 15 is 0 Å². The van der Waals surface area contributed by atoms with Crippen molar-refractivity contribution in [2.45, 2.75) is 48.5 Å². The molecule has 0 radical (unpaired) electrons. The maximum absolute atomic E-state index is 3.71. The standard InChI is InChI=1S/C24H24.C13H12.C8H12/c1-17-15-16-18(2)23(19(17)3)24(22-13-9-6-10-14-22)20(4)21-11-7-5-8-12-21;1-11-6-5-9-13(10-11)12-7-3-2-4-8-12;1-4-5-6-7-8(2)3/h5-16H,1-4H3;2-10H,1H3;4-7H,2H2,1,3H3/b24-20+;;5-4-,7-6-. The molecule has 0 fully saturated rings. The monoisotopic (exact) mass is 588 g/mol. The van der Waals surface area contributed by atoms with Gasteiger partial charge in [0.05, 0.1) is 0 Å². The largest absolute Gasteiger partial charge is 0.0961 e. The number of hydrogen-bond acceptors (Lipinski definition) is 0. The highest BCUT2D eigenvalue weighted by Crippen LogP contribution is 2.36. The molecule has 0 aliphatic rings. The van der Waals surface area contributed by atoms with Crippen molar-refractivity contribution in [2.75, 3.05) is 0 Å². The predicted octanol–water partition coefficient (Wildman–Crippen LogP) is 12.9. The molecule has 5 aromatic carbocycles. The second kappa shape index (κ2) is 18.0. The molecule has 0 heterocycles. The fourth-order valence-electron chi connectivity index (χ4n) is 5.11. The Labute approximate surface area is 272 Å². The Hall–Kier alpha value is -4.94. The molecule has 0 nitrogen and oxygen atoms in total. The van der Waals surface area contributed by atoms with Gasteiger partial charge in [0.1, 0.15) is 0 Å². The molecule has 5 aromatic rings. The predicted molar refractivity (Wildman–Crippen MR) is 201 cm³/mol. The second-order valence-corrected chi connectivity index (χ2v) is 11.4. The summed E-state index contributed by atoms with van der Waals surface area (Å²) in [6, 6.07) is 44.9. The summed E-state index contributed by atoms with van der Waals surface area (Å²) in [6.45, 7) is 18.7. The summed E-state index contributed by atoms with van der Waals surface area (Å²) in [5.41, 5.74) is 15.6. The van der Waals surface area contributed by atoms with E-state index in [1.807, 2.05) is 44.2 Å². The van der Waals surface area contributed by atoms with E-state index in [4.69, 9.17) is 0 Å².